The molecule has 1 amide bonds. The van der Waals surface area contributed by atoms with Crippen LogP contribution in [0.2, 0.25) is 0 Å². The maximum absolute atomic E-state index is 12.5. The normalized spacial score (nSPS) is 21.9. The molecule has 1 aliphatic heterocycles. The number of nitrogens with two attached hydrogens (primary N) is 1. The zero-order valence-corrected chi connectivity index (χ0v) is 16.0. The lowest BCUT2D eigenvalue weighted by molar-refractivity contribution is -0.136. The van der Waals surface area contributed by atoms with Crippen LogP contribution in [0, 0.1) is 5.41 Å². The van der Waals surface area contributed by atoms with E-state index in [1.54, 1.807) is 18.9 Å². The van der Waals surface area contributed by atoms with Gasteiger partial charge in [-0.05, 0) is 18.8 Å². The molecule has 0 spiro atoms. The van der Waals surface area contributed by atoms with Crippen molar-refractivity contribution in [1.29, 1.82) is 0 Å². The number of nitrogens with one attached hydrogen (secondary N) is 1. The van der Waals surface area contributed by atoms with Crippen LogP contribution in [0.25, 0.3) is 0 Å². The van der Waals surface area contributed by atoms with Gasteiger partial charge in [0.2, 0.25) is 15.9 Å². The maximum atomic E-state index is 12.5. The van der Waals surface area contributed by atoms with Crippen LogP contribution in [-0.2, 0) is 21.9 Å². The molecule has 1 aliphatic rings. The monoisotopic (exact) mass is 379 g/mol. The first-order chi connectivity index (χ1) is 10.5. The van der Waals surface area contributed by atoms with E-state index in [4.69, 9.17) is 5.73 Å². The number of carbonyl (C=O) groups excluding carboxylic acids is 1. The minimum atomic E-state index is -3.77. The third-order valence-corrected chi connectivity index (χ3v) is 5.81. The lowest BCUT2D eigenvalue weighted by Crippen LogP contribution is -2.57. The van der Waals surface area contributed by atoms with E-state index in [0.717, 1.165) is 0 Å². The summed E-state index contributed by atoms with van der Waals surface area (Å²) in [7, 11) is -2.14. The molecule has 2 rings (SSSR count). The molecule has 24 heavy (non-hydrogen) atoms. The van der Waals surface area contributed by atoms with Gasteiger partial charge < -0.3 is 10.6 Å². The Morgan fingerprint density at radius 2 is 2.12 bits per heavy atom. The molecule has 10 heteroatoms. The van der Waals surface area contributed by atoms with Crippen molar-refractivity contribution >= 4 is 28.3 Å². The molecule has 8 nitrogen and oxygen atoms in total. The van der Waals surface area contributed by atoms with Crippen molar-refractivity contribution in [2.75, 3.05) is 13.1 Å². The molecule has 1 saturated heterocycles. The van der Waals surface area contributed by atoms with Gasteiger partial charge in [-0.3, -0.25) is 9.48 Å². The van der Waals surface area contributed by atoms with Gasteiger partial charge in [0.1, 0.15) is 4.90 Å². The summed E-state index contributed by atoms with van der Waals surface area (Å²) in [4.78, 5) is 14.3. The van der Waals surface area contributed by atoms with Crippen molar-refractivity contribution in [3.05, 3.63) is 12.4 Å². The maximum Gasteiger partial charge on any atom is 0.244 e. The molecule has 0 saturated carbocycles. The first kappa shape index (κ1) is 20.9. The van der Waals surface area contributed by atoms with E-state index in [2.05, 4.69) is 9.82 Å². The van der Waals surface area contributed by atoms with Gasteiger partial charge in [0.05, 0.1) is 12.2 Å². The fourth-order valence-electron chi connectivity index (χ4n) is 2.72. The topological polar surface area (TPSA) is 110 Å². The molecule has 1 aromatic rings. The molecule has 1 fully saturated rings. The number of aryl methyl sites for hydroxylation is 1. The Balaban J connectivity index is 0.00000288. The minimum absolute atomic E-state index is 0. The van der Waals surface area contributed by atoms with Crippen LogP contribution < -0.4 is 10.5 Å². The predicted octanol–water partition coefficient (Wildman–Crippen LogP) is 0.0945. The zero-order chi connectivity index (χ0) is 17.4. The second-order valence-electron chi connectivity index (χ2n) is 6.84. The van der Waals surface area contributed by atoms with Crippen molar-refractivity contribution in [3.63, 3.8) is 0 Å². The number of sulfonamides is 1. The molecule has 3 N–H and O–H groups in total. The first-order valence-electron chi connectivity index (χ1n) is 7.58. The van der Waals surface area contributed by atoms with Crippen LogP contribution in [0.1, 0.15) is 27.2 Å². The van der Waals surface area contributed by atoms with Gasteiger partial charge in [-0.25, -0.2) is 8.42 Å². The Morgan fingerprint density at radius 1 is 1.50 bits per heavy atom. The molecule has 0 radical (unpaired) electrons. The van der Waals surface area contributed by atoms with Crippen LogP contribution in [0.4, 0.5) is 0 Å². The minimum Gasteiger partial charge on any atom is -0.341 e. The fourth-order valence-corrected chi connectivity index (χ4v) is 3.90. The summed E-state index contributed by atoms with van der Waals surface area (Å²) >= 11 is 0. The third kappa shape index (κ3) is 4.47. The van der Waals surface area contributed by atoms with Crippen molar-refractivity contribution in [1.82, 2.24) is 19.4 Å². The van der Waals surface area contributed by atoms with Gasteiger partial charge in [0, 0.05) is 32.4 Å². The van der Waals surface area contributed by atoms with Crippen LogP contribution in [0.15, 0.2) is 17.3 Å². The highest BCUT2D eigenvalue weighted by Crippen LogP contribution is 2.28. The zero-order valence-electron chi connectivity index (χ0n) is 14.4. The molecular formula is C14H26ClN5O3S. The number of carbonyl (C=O) groups is 1. The number of rotatable bonds is 4. The van der Waals surface area contributed by atoms with Crippen LogP contribution in [0.3, 0.4) is 0 Å². The summed E-state index contributed by atoms with van der Waals surface area (Å²) in [5.41, 5.74) is 5.89. The molecule has 1 aromatic heterocycles. The largest absolute Gasteiger partial charge is 0.341 e. The number of hydrogen-bond acceptors (Lipinski definition) is 5. The molecule has 0 aromatic carbocycles. The molecule has 2 heterocycles. The number of halogens is 1. The summed E-state index contributed by atoms with van der Waals surface area (Å²) in [6.45, 7) is 6.65. The first-order valence-corrected chi connectivity index (χ1v) is 9.06. The Hall–Kier alpha value is -1.16. The van der Waals surface area contributed by atoms with E-state index in [0.29, 0.717) is 19.5 Å². The molecular weight excluding hydrogens is 354 g/mol. The third-order valence-electron chi connectivity index (χ3n) is 4.32. The molecule has 2 unspecified atom stereocenters. The average molecular weight is 380 g/mol. The van der Waals surface area contributed by atoms with Gasteiger partial charge in [-0.15, -0.1) is 12.4 Å². The van der Waals surface area contributed by atoms with Crippen LogP contribution in [-0.4, -0.2) is 54.2 Å². The SMILES string of the molecule is CC(NS(=O)(=O)c1cnn(C)c1)C(=O)N1CCC(N)C(C)(C)C1.Cl. The van der Waals surface area contributed by atoms with E-state index >= 15 is 0 Å². The Kier molecular flexibility index (Phi) is 6.43. The van der Waals surface area contributed by atoms with E-state index in [1.165, 1.54) is 17.1 Å². The number of nitrogens with zero attached hydrogens (tertiary/aromatic N) is 3. The van der Waals surface area contributed by atoms with Gasteiger partial charge >= 0.3 is 0 Å². The summed E-state index contributed by atoms with van der Waals surface area (Å²) in [5, 5.41) is 3.84. The van der Waals surface area contributed by atoms with E-state index in [9.17, 15) is 13.2 Å². The van der Waals surface area contributed by atoms with Crippen molar-refractivity contribution in [2.24, 2.45) is 18.2 Å². The van der Waals surface area contributed by atoms with E-state index in [1.807, 2.05) is 13.8 Å². The highest BCUT2D eigenvalue weighted by molar-refractivity contribution is 7.89. The summed E-state index contributed by atoms with van der Waals surface area (Å²) in [6.07, 6.45) is 3.35. The number of aromatic nitrogens is 2. The smallest absolute Gasteiger partial charge is 0.244 e. The number of hydrogen-bond donors (Lipinski definition) is 2. The quantitative estimate of drug-likeness (QED) is 0.770. The Morgan fingerprint density at radius 3 is 2.62 bits per heavy atom. The van der Waals surface area contributed by atoms with Crippen LogP contribution in [0.5, 0.6) is 0 Å². The lowest BCUT2D eigenvalue weighted by Gasteiger charge is -2.43. The molecule has 138 valence electrons. The summed E-state index contributed by atoms with van der Waals surface area (Å²) in [5.74, 6) is -0.238. The molecule has 0 bridgehead atoms. The van der Waals surface area contributed by atoms with E-state index < -0.39 is 16.1 Å². The summed E-state index contributed by atoms with van der Waals surface area (Å²) < 4.78 is 28.4. The van der Waals surface area contributed by atoms with Crippen LogP contribution >= 0.6 is 12.4 Å². The second-order valence-corrected chi connectivity index (χ2v) is 8.55. The van der Waals surface area contributed by atoms with Crippen molar-refractivity contribution in [3.8, 4) is 0 Å². The van der Waals surface area contributed by atoms with E-state index in [-0.39, 0.29) is 34.7 Å². The molecule has 0 aliphatic carbocycles. The van der Waals surface area contributed by atoms with Gasteiger partial charge in [0.15, 0.2) is 0 Å². The fraction of sp³-hybridized carbons (Fsp3) is 0.714. The lowest BCUT2D eigenvalue weighted by atomic mass is 9.79. The standard InChI is InChI=1S/C14H25N5O3S.ClH/c1-10(17-23(21,22)11-7-16-18(4)8-11)13(20)19-6-5-12(15)14(2,3)9-19;/h7-8,10,12,17H,5-6,9,15H2,1-4H3;1H. The average Bonchev–Trinajstić information content (AvgIpc) is 2.88. The highest BCUT2D eigenvalue weighted by Gasteiger charge is 2.37. The summed E-state index contributed by atoms with van der Waals surface area (Å²) in [6, 6.07) is -0.806. The number of piperidine rings is 1. The second kappa shape index (κ2) is 7.38. The van der Waals surface area contributed by atoms with Gasteiger partial charge in [-0.2, -0.15) is 9.82 Å². The molecule has 2 atom stereocenters. The van der Waals surface area contributed by atoms with Gasteiger partial charge in [-0.1, -0.05) is 13.8 Å². The highest BCUT2D eigenvalue weighted by atomic mass is 35.5. The number of amides is 1. The van der Waals surface area contributed by atoms with Crippen molar-refractivity contribution < 1.29 is 13.2 Å². The number of likely N-dealkylation sites (tertiary alicyclic amines) is 1. The van der Waals surface area contributed by atoms with Crippen molar-refractivity contribution in [2.45, 2.75) is 44.2 Å². The van der Waals surface area contributed by atoms with Gasteiger partial charge in [0.25, 0.3) is 0 Å². The predicted molar refractivity (Wildman–Crippen MR) is 93.2 cm³/mol. The Labute approximate surface area is 149 Å². The Bertz CT molecular complexity index is 688.